The van der Waals surface area contributed by atoms with E-state index in [0.717, 1.165) is 33.6 Å². The second-order valence-corrected chi connectivity index (χ2v) is 4.21. The average molecular weight is 269 g/mol. The van der Waals surface area contributed by atoms with Gasteiger partial charge in [0.25, 0.3) is 0 Å². The molecule has 2 rings (SSSR count). The number of nitrogens with zero attached hydrogens (tertiary/aromatic N) is 2. The maximum atomic E-state index is 5.41. The number of ether oxygens (including phenoxy) is 1. The van der Waals surface area contributed by atoms with Gasteiger partial charge in [0.05, 0.1) is 17.1 Å². The van der Waals surface area contributed by atoms with Gasteiger partial charge >= 0.3 is 0 Å². The van der Waals surface area contributed by atoms with E-state index in [9.17, 15) is 0 Å². The SMILES string of the molecule is CCn1c(C)nc2ccc(Br)c(OC)c21. The van der Waals surface area contributed by atoms with E-state index in [1.165, 1.54) is 0 Å². The van der Waals surface area contributed by atoms with E-state index < -0.39 is 0 Å². The van der Waals surface area contributed by atoms with Crippen LogP contribution >= 0.6 is 15.9 Å². The fraction of sp³-hybridized carbons (Fsp3) is 0.364. The number of aryl methyl sites for hydroxylation is 2. The van der Waals surface area contributed by atoms with Crippen LogP contribution in [0, 0.1) is 6.92 Å². The summed E-state index contributed by atoms with van der Waals surface area (Å²) in [6.45, 7) is 5.01. The molecule has 0 aliphatic carbocycles. The highest BCUT2D eigenvalue weighted by molar-refractivity contribution is 9.10. The summed E-state index contributed by atoms with van der Waals surface area (Å²) in [6, 6.07) is 3.97. The lowest BCUT2D eigenvalue weighted by Crippen LogP contribution is -1.98. The van der Waals surface area contributed by atoms with Crippen LogP contribution in [0.4, 0.5) is 0 Å². The maximum absolute atomic E-state index is 5.41. The van der Waals surface area contributed by atoms with Gasteiger partial charge in [-0.15, -0.1) is 0 Å². The number of rotatable bonds is 2. The molecule has 1 heterocycles. The molecule has 2 aromatic rings. The summed E-state index contributed by atoms with van der Waals surface area (Å²) >= 11 is 3.48. The smallest absolute Gasteiger partial charge is 0.158 e. The molecule has 1 aromatic carbocycles. The fourth-order valence-corrected chi connectivity index (χ4v) is 2.35. The molecule has 0 saturated heterocycles. The van der Waals surface area contributed by atoms with E-state index in [-0.39, 0.29) is 0 Å². The largest absolute Gasteiger partial charge is 0.493 e. The molecule has 3 nitrogen and oxygen atoms in total. The van der Waals surface area contributed by atoms with Crippen LogP contribution in [0.3, 0.4) is 0 Å². The molecule has 0 fully saturated rings. The van der Waals surface area contributed by atoms with Gasteiger partial charge in [-0.1, -0.05) is 0 Å². The second kappa shape index (κ2) is 3.85. The maximum Gasteiger partial charge on any atom is 0.158 e. The first-order chi connectivity index (χ1) is 7.19. The van der Waals surface area contributed by atoms with Crippen molar-refractivity contribution in [3.63, 3.8) is 0 Å². The fourth-order valence-electron chi connectivity index (χ4n) is 1.86. The summed E-state index contributed by atoms with van der Waals surface area (Å²) in [5.74, 6) is 1.87. The van der Waals surface area contributed by atoms with Crippen molar-refractivity contribution in [2.24, 2.45) is 0 Å². The highest BCUT2D eigenvalue weighted by Gasteiger charge is 2.13. The van der Waals surface area contributed by atoms with E-state index in [2.05, 4.69) is 32.4 Å². The highest BCUT2D eigenvalue weighted by Crippen LogP contribution is 2.33. The molecule has 15 heavy (non-hydrogen) atoms. The Morgan fingerprint density at radius 2 is 2.20 bits per heavy atom. The standard InChI is InChI=1S/C11H13BrN2O/c1-4-14-7(2)13-9-6-5-8(12)11(15-3)10(9)14/h5-6H,4H2,1-3H3. The van der Waals surface area contributed by atoms with Crippen LogP contribution in [-0.2, 0) is 6.54 Å². The molecule has 0 atom stereocenters. The van der Waals surface area contributed by atoms with Gasteiger partial charge in [0.1, 0.15) is 11.3 Å². The lowest BCUT2D eigenvalue weighted by atomic mass is 10.3. The van der Waals surface area contributed by atoms with Crippen molar-refractivity contribution in [3.8, 4) is 5.75 Å². The van der Waals surface area contributed by atoms with Crippen LogP contribution in [0.15, 0.2) is 16.6 Å². The molecule has 0 aliphatic heterocycles. The third kappa shape index (κ3) is 1.53. The first-order valence-corrected chi connectivity index (χ1v) is 5.67. The predicted octanol–water partition coefficient (Wildman–Crippen LogP) is 3.14. The summed E-state index contributed by atoms with van der Waals surface area (Å²) in [5, 5.41) is 0. The Morgan fingerprint density at radius 3 is 2.80 bits per heavy atom. The van der Waals surface area contributed by atoms with E-state index in [1.54, 1.807) is 7.11 Å². The van der Waals surface area contributed by atoms with Crippen LogP contribution in [-0.4, -0.2) is 16.7 Å². The summed E-state index contributed by atoms with van der Waals surface area (Å²) in [7, 11) is 1.68. The Labute approximate surface area is 97.2 Å². The van der Waals surface area contributed by atoms with Gasteiger partial charge in [-0.25, -0.2) is 4.98 Å². The monoisotopic (exact) mass is 268 g/mol. The molecule has 0 spiro atoms. The number of aromatic nitrogens is 2. The normalized spacial score (nSPS) is 10.9. The van der Waals surface area contributed by atoms with E-state index in [1.807, 2.05) is 19.1 Å². The van der Waals surface area contributed by atoms with Gasteiger partial charge in [0.2, 0.25) is 0 Å². The molecule has 0 bridgehead atoms. The average Bonchev–Trinajstić information content (AvgIpc) is 2.54. The summed E-state index contributed by atoms with van der Waals surface area (Å²) in [6.07, 6.45) is 0. The van der Waals surface area contributed by atoms with Crippen molar-refractivity contribution in [3.05, 3.63) is 22.4 Å². The minimum absolute atomic E-state index is 0.856. The van der Waals surface area contributed by atoms with Crippen LogP contribution < -0.4 is 4.74 Å². The van der Waals surface area contributed by atoms with Crippen molar-refractivity contribution < 1.29 is 4.74 Å². The summed E-state index contributed by atoms with van der Waals surface area (Å²) in [5.41, 5.74) is 2.04. The minimum Gasteiger partial charge on any atom is -0.493 e. The molecule has 4 heteroatoms. The Balaban J connectivity index is 2.87. The number of hydrogen-bond acceptors (Lipinski definition) is 2. The van der Waals surface area contributed by atoms with Gasteiger partial charge in [-0.3, -0.25) is 0 Å². The highest BCUT2D eigenvalue weighted by atomic mass is 79.9. The minimum atomic E-state index is 0.856. The van der Waals surface area contributed by atoms with Gasteiger partial charge in [0.15, 0.2) is 5.75 Å². The number of methoxy groups -OCH3 is 1. The van der Waals surface area contributed by atoms with Crippen LogP contribution in [0.25, 0.3) is 11.0 Å². The number of benzene rings is 1. The Kier molecular flexibility index (Phi) is 2.69. The molecule has 0 radical (unpaired) electrons. The molecule has 0 unspecified atom stereocenters. The van der Waals surface area contributed by atoms with E-state index >= 15 is 0 Å². The quantitative estimate of drug-likeness (QED) is 0.837. The van der Waals surface area contributed by atoms with E-state index in [4.69, 9.17) is 4.74 Å². The van der Waals surface area contributed by atoms with Gasteiger partial charge < -0.3 is 9.30 Å². The first-order valence-electron chi connectivity index (χ1n) is 4.88. The second-order valence-electron chi connectivity index (χ2n) is 3.35. The van der Waals surface area contributed by atoms with Crippen LogP contribution in [0.5, 0.6) is 5.75 Å². The Hall–Kier alpha value is -1.03. The summed E-state index contributed by atoms with van der Waals surface area (Å²) < 4.78 is 8.52. The molecular formula is C11H13BrN2O. The Bertz CT molecular complexity index is 505. The molecule has 0 N–H and O–H groups in total. The van der Waals surface area contributed by atoms with Gasteiger partial charge in [-0.05, 0) is 41.9 Å². The molecular weight excluding hydrogens is 256 g/mol. The lowest BCUT2D eigenvalue weighted by molar-refractivity contribution is 0.414. The zero-order valence-corrected chi connectivity index (χ0v) is 10.6. The first kappa shape index (κ1) is 10.5. The third-order valence-electron chi connectivity index (χ3n) is 2.53. The Morgan fingerprint density at radius 1 is 1.47 bits per heavy atom. The zero-order chi connectivity index (χ0) is 11.0. The number of hydrogen-bond donors (Lipinski definition) is 0. The van der Waals surface area contributed by atoms with Crippen molar-refractivity contribution in [1.29, 1.82) is 0 Å². The zero-order valence-electron chi connectivity index (χ0n) is 9.04. The molecule has 0 amide bonds. The molecule has 1 aromatic heterocycles. The van der Waals surface area contributed by atoms with E-state index in [0.29, 0.717) is 0 Å². The van der Waals surface area contributed by atoms with Gasteiger partial charge in [-0.2, -0.15) is 0 Å². The number of fused-ring (bicyclic) bond motifs is 1. The van der Waals surface area contributed by atoms with Gasteiger partial charge in [0, 0.05) is 6.54 Å². The van der Waals surface area contributed by atoms with Crippen LogP contribution in [0.1, 0.15) is 12.7 Å². The van der Waals surface area contributed by atoms with Crippen LogP contribution in [0.2, 0.25) is 0 Å². The van der Waals surface area contributed by atoms with Crippen molar-refractivity contribution in [2.75, 3.05) is 7.11 Å². The molecule has 0 saturated carbocycles. The number of imidazole rings is 1. The number of halogens is 1. The predicted molar refractivity (Wildman–Crippen MR) is 64.4 cm³/mol. The molecule has 80 valence electrons. The van der Waals surface area contributed by atoms with Crippen molar-refractivity contribution in [2.45, 2.75) is 20.4 Å². The van der Waals surface area contributed by atoms with Crippen molar-refractivity contribution in [1.82, 2.24) is 9.55 Å². The topological polar surface area (TPSA) is 27.1 Å². The summed E-state index contributed by atoms with van der Waals surface area (Å²) in [4.78, 5) is 4.50. The van der Waals surface area contributed by atoms with Crippen molar-refractivity contribution >= 4 is 27.0 Å². The molecule has 0 aliphatic rings. The lowest BCUT2D eigenvalue weighted by Gasteiger charge is -2.08. The third-order valence-corrected chi connectivity index (χ3v) is 3.15.